The van der Waals surface area contributed by atoms with Gasteiger partial charge in [0, 0.05) is 23.4 Å². The largest absolute Gasteiger partial charge is 0.354 e. The van der Waals surface area contributed by atoms with Crippen LogP contribution in [0.25, 0.3) is 11.1 Å². The van der Waals surface area contributed by atoms with Crippen LogP contribution in [-0.2, 0) is 0 Å². The molecule has 0 amide bonds. The molecular formula is C30H28N2. The standard InChI is InChI=1S/C30H28N2/c1-3-5-17-25(4-2)31-28-21-14-23-30(28)32(26-18-10-7-11-19-26)29-22-13-12-20-27(29)24-15-8-6-9-16-24/h3-22,31H,2,23H2,1H3/b5-3?,25-17+. The fourth-order valence-corrected chi connectivity index (χ4v) is 3.88. The van der Waals surface area contributed by atoms with Crippen molar-refractivity contribution in [3.63, 3.8) is 0 Å². The van der Waals surface area contributed by atoms with Crippen molar-refractivity contribution in [1.29, 1.82) is 0 Å². The lowest BCUT2D eigenvalue weighted by molar-refractivity contribution is 0.982. The second-order valence-electron chi connectivity index (χ2n) is 7.50. The minimum atomic E-state index is 0.842. The number of rotatable bonds is 8. The van der Waals surface area contributed by atoms with Crippen molar-refractivity contribution < 1.29 is 0 Å². The lowest BCUT2D eigenvalue weighted by Crippen LogP contribution is -2.21. The molecule has 0 bridgehead atoms. The lowest BCUT2D eigenvalue weighted by Gasteiger charge is -2.30. The van der Waals surface area contributed by atoms with Gasteiger partial charge in [-0.05, 0) is 48.9 Å². The molecule has 0 aromatic heterocycles. The van der Waals surface area contributed by atoms with Gasteiger partial charge in [0.2, 0.25) is 0 Å². The van der Waals surface area contributed by atoms with E-state index < -0.39 is 0 Å². The molecule has 2 heteroatoms. The first kappa shape index (κ1) is 21.2. The first-order chi connectivity index (χ1) is 15.8. The van der Waals surface area contributed by atoms with Crippen molar-refractivity contribution in [2.75, 3.05) is 4.90 Å². The predicted molar refractivity (Wildman–Crippen MR) is 137 cm³/mol. The Morgan fingerprint density at radius 2 is 1.59 bits per heavy atom. The van der Waals surface area contributed by atoms with E-state index in [1.807, 2.05) is 31.2 Å². The Morgan fingerprint density at radius 1 is 0.906 bits per heavy atom. The molecule has 0 saturated carbocycles. The van der Waals surface area contributed by atoms with Gasteiger partial charge >= 0.3 is 0 Å². The van der Waals surface area contributed by atoms with Gasteiger partial charge in [-0.15, -0.1) is 0 Å². The molecule has 0 fully saturated rings. The number of nitrogens with one attached hydrogen (secondary N) is 1. The van der Waals surface area contributed by atoms with Gasteiger partial charge in [-0.3, -0.25) is 0 Å². The number of allylic oxidation sites excluding steroid dienone is 6. The van der Waals surface area contributed by atoms with Gasteiger partial charge < -0.3 is 10.2 Å². The molecule has 4 rings (SSSR count). The molecule has 3 aromatic carbocycles. The Hall–Kier alpha value is -4.04. The predicted octanol–water partition coefficient (Wildman–Crippen LogP) is 7.90. The average molecular weight is 417 g/mol. The third-order valence-electron chi connectivity index (χ3n) is 5.39. The summed E-state index contributed by atoms with van der Waals surface area (Å²) in [5.74, 6) is 0. The highest BCUT2D eigenvalue weighted by Crippen LogP contribution is 2.40. The van der Waals surface area contributed by atoms with Crippen LogP contribution in [0.1, 0.15) is 13.3 Å². The summed E-state index contributed by atoms with van der Waals surface area (Å²) in [5.41, 5.74) is 7.92. The van der Waals surface area contributed by atoms with E-state index in [0.717, 1.165) is 29.2 Å². The molecule has 0 heterocycles. The molecule has 32 heavy (non-hydrogen) atoms. The number of anilines is 2. The second-order valence-corrected chi connectivity index (χ2v) is 7.50. The van der Waals surface area contributed by atoms with Crippen LogP contribution in [0.4, 0.5) is 11.4 Å². The van der Waals surface area contributed by atoms with E-state index in [1.165, 1.54) is 16.8 Å². The monoisotopic (exact) mass is 416 g/mol. The first-order valence-corrected chi connectivity index (χ1v) is 10.9. The zero-order chi connectivity index (χ0) is 22.2. The van der Waals surface area contributed by atoms with Gasteiger partial charge in [-0.2, -0.15) is 0 Å². The second kappa shape index (κ2) is 10.3. The summed E-state index contributed by atoms with van der Waals surface area (Å²) < 4.78 is 0. The van der Waals surface area contributed by atoms with E-state index in [4.69, 9.17) is 0 Å². The van der Waals surface area contributed by atoms with Crippen LogP contribution in [0.5, 0.6) is 0 Å². The van der Waals surface area contributed by atoms with Gasteiger partial charge in [0.15, 0.2) is 0 Å². The summed E-state index contributed by atoms with van der Waals surface area (Å²) in [5, 5.41) is 3.57. The molecule has 1 N–H and O–H groups in total. The molecule has 0 radical (unpaired) electrons. The van der Waals surface area contributed by atoms with Crippen LogP contribution >= 0.6 is 0 Å². The Kier molecular flexibility index (Phi) is 6.84. The molecule has 0 spiro atoms. The fraction of sp³-hybridized carbons (Fsp3) is 0.0667. The first-order valence-electron chi connectivity index (χ1n) is 10.9. The van der Waals surface area contributed by atoms with E-state index in [1.54, 1.807) is 0 Å². The fourth-order valence-electron chi connectivity index (χ4n) is 3.88. The van der Waals surface area contributed by atoms with E-state index in [-0.39, 0.29) is 0 Å². The van der Waals surface area contributed by atoms with Crippen molar-refractivity contribution in [1.82, 2.24) is 5.32 Å². The van der Waals surface area contributed by atoms with Crippen LogP contribution in [0, 0.1) is 0 Å². The van der Waals surface area contributed by atoms with Gasteiger partial charge in [0.1, 0.15) is 0 Å². The lowest BCUT2D eigenvalue weighted by atomic mass is 10.0. The highest BCUT2D eigenvalue weighted by molar-refractivity contribution is 5.85. The Labute approximate surface area is 191 Å². The number of benzene rings is 3. The molecule has 0 saturated heterocycles. The molecule has 0 unspecified atom stereocenters. The number of para-hydroxylation sites is 2. The molecular weight excluding hydrogens is 388 g/mol. The van der Waals surface area contributed by atoms with Crippen LogP contribution in [0.15, 0.2) is 145 Å². The van der Waals surface area contributed by atoms with E-state index in [9.17, 15) is 0 Å². The van der Waals surface area contributed by atoms with Gasteiger partial charge in [0.25, 0.3) is 0 Å². The van der Waals surface area contributed by atoms with E-state index in [0.29, 0.717) is 0 Å². The smallest absolute Gasteiger partial charge is 0.0586 e. The Balaban J connectivity index is 1.86. The number of hydrogen-bond acceptors (Lipinski definition) is 2. The van der Waals surface area contributed by atoms with Crippen LogP contribution < -0.4 is 10.2 Å². The van der Waals surface area contributed by atoms with Gasteiger partial charge in [0.05, 0.1) is 17.1 Å². The number of hydrogen-bond donors (Lipinski definition) is 1. The van der Waals surface area contributed by atoms with Gasteiger partial charge in [-0.1, -0.05) is 91.5 Å². The normalized spacial score (nSPS) is 13.6. The summed E-state index contributed by atoms with van der Waals surface area (Å²) >= 11 is 0. The Morgan fingerprint density at radius 3 is 2.31 bits per heavy atom. The topological polar surface area (TPSA) is 15.3 Å². The maximum atomic E-state index is 3.97. The minimum Gasteiger partial charge on any atom is -0.354 e. The van der Waals surface area contributed by atoms with Gasteiger partial charge in [-0.25, -0.2) is 0 Å². The molecule has 0 atom stereocenters. The van der Waals surface area contributed by atoms with Crippen molar-refractivity contribution in [3.8, 4) is 11.1 Å². The molecule has 0 aliphatic heterocycles. The minimum absolute atomic E-state index is 0.842. The van der Waals surface area contributed by atoms with Crippen LogP contribution in [0.3, 0.4) is 0 Å². The maximum Gasteiger partial charge on any atom is 0.0586 e. The molecule has 1 aliphatic carbocycles. The van der Waals surface area contributed by atoms with Crippen LogP contribution in [0.2, 0.25) is 0 Å². The average Bonchev–Trinajstić information content (AvgIpc) is 3.31. The van der Waals surface area contributed by atoms with Crippen LogP contribution in [-0.4, -0.2) is 0 Å². The SMILES string of the molecule is C=C/C(=C\C=CC)NC1=C(N(c2ccccc2)c2ccccc2-c2ccccc2)CC=C1. The summed E-state index contributed by atoms with van der Waals surface area (Å²) in [6.45, 7) is 5.98. The molecule has 3 aromatic rings. The quantitative estimate of drug-likeness (QED) is 0.375. The highest BCUT2D eigenvalue weighted by atomic mass is 15.2. The summed E-state index contributed by atoms with van der Waals surface area (Å²) in [4.78, 5) is 2.36. The maximum absolute atomic E-state index is 3.97. The number of nitrogens with zero attached hydrogens (tertiary/aromatic N) is 1. The molecule has 1 aliphatic rings. The summed E-state index contributed by atoms with van der Waals surface area (Å²) in [6.07, 6.45) is 13.1. The summed E-state index contributed by atoms with van der Waals surface area (Å²) in [7, 11) is 0. The zero-order valence-electron chi connectivity index (χ0n) is 18.4. The third kappa shape index (κ3) is 4.65. The van der Waals surface area contributed by atoms with Crippen molar-refractivity contribution >= 4 is 11.4 Å². The highest BCUT2D eigenvalue weighted by Gasteiger charge is 2.22. The third-order valence-corrected chi connectivity index (χ3v) is 5.39. The molecule has 2 nitrogen and oxygen atoms in total. The van der Waals surface area contributed by atoms with Crippen molar-refractivity contribution in [2.24, 2.45) is 0 Å². The zero-order valence-corrected chi connectivity index (χ0v) is 18.4. The molecule has 158 valence electrons. The van der Waals surface area contributed by atoms with Crippen molar-refractivity contribution in [3.05, 3.63) is 145 Å². The van der Waals surface area contributed by atoms with E-state index in [2.05, 4.69) is 114 Å². The Bertz CT molecular complexity index is 1180. The van der Waals surface area contributed by atoms with E-state index >= 15 is 0 Å². The summed E-state index contributed by atoms with van der Waals surface area (Å²) in [6, 6.07) is 29.7. The van der Waals surface area contributed by atoms with Crippen molar-refractivity contribution in [2.45, 2.75) is 13.3 Å².